The molecule has 0 unspecified atom stereocenters. The highest BCUT2D eigenvalue weighted by atomic mass is 16.6. The summed E-state index contributed by atoms with van der Waals surface area (Å²) in [5, 5.41) is 20.2. The molecule has 9 nitrogen and oxygen atoms in total. The third-order valence-electron chi connectivity index (χ3n) is 6.01. The van der Waals surface area contributed by atoms with Gasteiger partial charge in [0.05, 0.1) is 22.7 Å². The van der Waals surface area contributed by atoms with E-state index >= 15 is 0 Å². The van der Waals surface area contributed by atoms with E-state index in [9.17, 15) is 24.5 Å². The first kappa shape index (κ1) is 22.7. The van der Waals surface area contributed by atoms with Crippen LogP contribution in [0.15, 0.2) is 12.1 Å². The van der Waals surface area contributed by atoms with Gasteiger partial charge in [0.1, 0.15) is 0 Å². The van der Waals surface area contributed by atoms with Gasteiger partial charge >= 0.3 is 11.7 Å². The molecule has 0 atom stereocenters. The molecule has 1 aromatic rings. The van der Waals surface area contributed by atoms with Crippen molar-refractivity contribution in [2.75, 3.05) is 13.2 Å². The number of nitro benzene ring substituents is 1. The van der Waals surface area contributed by atoms with Gasteiger partial charge in [-0.1, -0.05) is 38.5 Å². The fourth-order valence-corrected chi connectivity index (χ4v) is 4.35. The Morgan fingerprint density at radius 3 is 2.42 bits per heavy atom. The van der Waals surface area contributed by atoms with E-state index < -0.39 is 22.7 Å². The number of benzene rings is 1. The molecule has 1 fully saturated rings. The average Bonchev–Trinajstić information content (AvgIpc) is 2.97. The number of carboxylic acids is 1. The first-order chi connectivity index (χ1) is 14.9. The first-order valence-electron chi connectivity index (χ1n) is 10.9. The van der Waals surface area contributed by atoms with Gasteiger partial charge in [-0.25, -0.2) is 0 Å². The minimum Gasteiger partial charge on any atom is -0.487 e. The number of ether oxygens (including phenoxy) is 1. The molecule has 2 amide bonds. The zero-order valence-corrected chi connectivity index (χ0v) is 17.5. The Kier molecular flexibility index (Phi) is 7.59. The Balaban J connectivity index is 1.62. The second-order valence-electron chi connectivity index (χ2n) is 8.23. The molecular weight excluding hydrogens is 404 g/mol. The number of carboxylic acid groups (broad SMARTS) is 1. The van der Waals surface area contributed by atoms with Crippen molar-refractivity contribution < 1.29 is 29.2 Å². The molecule has 3 rings (SSSR count). The van der Waals surface area contributed by atoms with Crippen molar-refractivity contribution in [3.63, 3.8) is 0 Å². The van der Waals surface area contributed by atoms with E-state index in [4.69, 9.17) is 9.84 Å². The number of unbranched alkanes of at least 4 members (excludes halogenated alkanes) is 1. The lowest BCUT2D eigenvalue weighted by Crippen LogP contribution is -2.31. The molecule has 0 radical (unpaired) electrons. The van der Waals surface area contributed by atoms with Crippen molar-refractivity contribution >= 4 is 23.5 Å². The molecule has 1 aliphatic carbocycles. The van der Waals surface area contributed by atoms with Crippen LogP contribution in [0.2, 0.25) is 0 Å². The molecule has 1 aromatic carbocycles. The van der Waals surface area contributed by atoms with E-state index in [1.54, 1.807) is 0 Å². The molecular formula is C22H28N2O7. The van der Waals surface area contributed by atoms with Crippen LogP contribution in [0.3, 0.4) is 0 Å². The van der Waals surface area contributed by atoms with Gasteiger partial charge in [-0.2, -0.15) is 0 Å². The Bertz CT molecular complexity index is 862. The maximum Gasteiger partial charge on any atom is 0.311 e. The van der Waals surface area contributed by atoms with Crippen LogP contribution in [0, 0.1) is 16.0 Å². The number of hydrogen-bond acceptors (Lipinski definition) is 6. The summed E-state index contributed by atoms with van der Waals surface area (Å²) >= 11 is 0. The van der Waals surface area contributed by atoms with Crippen LogP contribution >= 0.6 is 0 Å². The van der Waals surface area contributed by atoms with E-state index in [1.807, 2.05) is 0 Å². The first-order valence-corrected chi connectivity index (χ1v) is 10.9. The van der Waals surface area contributed by atoms with Crippen LogP contribution in [0.25, 0.3) is 0 Å². The second-order valence-corrected chi connectivity index (χ2v) is 8.23. The maximum atomic E-state index is 12.6. The SMILES string of the molecule is O=C(O)CCCN1C(=O)c2cc(OCCCCC3CCCCC3)c([N+](=O)[O-])cc2C1=O. The highest BCUT2D eigenvalue weighted by molar-refractivity contribution is 6.21. The smallest absolute Gasteiger partial charge is 0.311 e. The van der Waals surface area contributed by atoms with Crippen molar-refractivity contribution in [1.82, 2.24) is 4.90 Å². The molecule has 0 spiro atoms. The van der Waals surface area contributed by atoms with Crippen LogP contribution in [-0.4, -0.2) is 45.9 Å². The summed E-state index contributed by atoms with van der Waals surface area (Å²) in [5.74, 6) is -1.50. The maximum absolute atomic E-state index is 12.6. The van der Waals surface area contributed by atoms with Crippen molar-refractivity contribution in [2.45, 2.75) is 64.2 Å². The molecule has 31 heavy (non-hydrogen) atoms. The predicted molar refractivity (Wildman–Crippen MR) is 111 cm³/mol. The van der Waals surface area contributed by atoms with Gasteiger partial charge < -0.3 is 9.84 Å². The topological polar surface area (TPSA) is 127 Å². The molecule has 1 heterocycles. The van der Waals surface area contributed by atoms with E-state index in [2.05, 4.69) is 0 Å². The summed E-state index contributed by atoms with van der Waals surface area (Å²) < 4.78 is 5.64. The number of imide groups is 1. The molecule has 1 aliphatic heterocycles. The zero-order valence-electron chi connectivity index (χ0n) is 17.5. The number of amides is 2. The third-order valence-corrected chi connectivity index (χ3v) is 6.01. The van der Waals surface area contributed by atoms with Crippen molar-refractivity contribution in [3.8, 4) is 5.75 Å². The Morgan fingerprint density at radius 2 is 1.77 bits per heavy atom. The van der Waals surface area contributed by atoms with E-state index in [0.29, 0.717) is 6.61 Å². The van der Waals surface area contributed by atoms with E-state index in [-0.39, 0.29) is 42.0 Å². The Labute approximate surface area is 180 Å². The molecule has 0 bridgehead atoms. The normalized spacial score (nSPS) is 16.5. The Hall–Kier alpha value is -2.97. The number of carbonyl (C=O) groups excluding carboxylic acids is 2. The monoisotopic (exact) mass is 432 g/mol. The third kappa shape index (κ3) is 5.59. The van der Waals surface area contributed by atoms with Gasteiger partial charge in [0.15, 0.2) is 5.75 Å². The minimum absolute atomic E-state index is 0.0186. The van der Waals surface area contributed by atoms with Crippen LogP contribution in [0.1, 0.15) is 84.9 Å². The average molecular weight is 432 g/mol. The van der Waals surface area contributed by atoms with Gasteiger partial charge in [-0.3, -0.25) is 29.4 Å². The van der Waals surface area contributed by atoms with Crippen molar-refractivity contribution in [3.05, 3.63) is 33.4 Å². The van der Waals surface area contributed by atoms with Gasteiger partial charge in [0.2, 0.25) is 0 Å². The molecule has 0 aromatic heterocycles. The Morgan fingerprint density at radius 1 is 1.10 bits per heavy atom. The number of fused-ring (bicyclic) bond motifs is 1. The quantitative estimate of drug-likeness (QED) is 0.240. The molecule has 1 saturated carbocycles. The summed E-state index contributed by atoms with van der Waals surface area (Å²) in [5.41, 5.74) is -0.334. The second kappa shape index (κ2) is 10.4. The van der Waals surface area contributed by atoms with Gasteiger partial charge in [0, 0.05) is 25.1 Å². The van der Waals surface area contributed by atoms with E-state index in [0.717, 1.165) is 36.1 Å². The van der Waals surface area contributed by atoms with Crippen LogP contribution in [0.5, 0.6) is 5.75 Å². The summed E-state index contributed by atoms with van der Waals surface area (Å²) in [6.45, 7) is 0.251. The molecule has 168 valence electrons. The van der Waals surface area contributed by atoms with Gasteiger partial charge in [-0.05, 0) is 25.2 Å². The van der Waals surface area contributed by atoms with Gasteiger partial charge in [-0.15, -0.1) is 0 Å². The van der Waals surface area contributed by atoms with Crippen LogP contribution in [-0.2, 0) is 4.79 Å². The summed E-state index contributed by atoms with van der Waals surface area (Å²) in [4.78, 5) is 47.6. The highest BCUT2D eigenvalue weighted by Crippen LogP contribution is 2.35. The number of nitrogens with zero attached hydrogens (tertiary/aromatic N) is 2. The number of carbonyl (C=O) groups is 3. The van der Waals surface area contributed by atoms with Crippen LogP contribution < -0.4 is 4.74 Å². The fraction of sp³-hybridized carbons (Fsp3) is 0.591. The van der Waals surface area contributed by atoms with Crippen LogP contribution in [0.4, 0.5) is 5.69 Å². The van der Waals surface area contributed by atoms with Gasteiger partial charge in [0.25, 0.3) is 11.8 Å². The summed E-state index contributed by atoms with van der Waals surface area (Å²) in [7, 11) is 0. The van der Waals surface area contributed by atoms with Crippen molar-refractivity contribution in [2.24, 2.45) is 5.92 Å². The molecule has 9 heteroatoms. The molecule has 1 N–H and O–H groups in total. The molecule has 2 aliphatic rings. The standard InChI is InChI=1S/C22H28N2O7/c25-20(26)10-6-11-23-21(27)16-13-18(24(29)30)19(14-17(16)22(23)28)31-12-5-4-9-15-7-2-1-3-8-15/h13-15H,1-12H2,(H,25,26). The summed E-state index contributed by atoms with van der Waals surface area (Å²) in [6, 6.07) is 2.36. The number of aliphatic carboxylic acids is 1. The highest BCUT2D eigenvalue weighted by Gasteiger charge is 2.38. The lowest BCUT2D eigenvalue weighted by molar-refractivity contribution is -0.385. The number of rotatable bonds is 11. The predicted octanol–water partition coefficient (Wildman–Crippen LogP) is 4.19. The molecule has 0 saturated heterocycles. The number of nitro groups is 1. The summed E-state index contributed by atoms with van der Waals surface area (Å²) in [6.07, 6.45) is 9.28. The lowest BCUT2D eigenvalue weighted by Gasteiger charge is -2.21. The minimum atomic E-state index is -1.02. The number of hydrogen-bond donors (Lipinski definition) is 1. The lowest BCUT2D eigenvalue weighted by atomic mass is 9.86. The largest absolute Gasteiger partial charge is 0.487 e. The fourth-order valence-electron chi connectivity index (χ4n) is 4.35. The zero-order chi connectivity index (χ0) is 22.4. The van der Waals surface area contributed by atoms with Crippen molar-refractivity contribution in [1.29, 1.82) is 0 Å². The van der Waals surface area contributed by atoms with E-state index in [1.165, 1.54) is 38.2 Å².